The fourth-order valence-electron chi connectivity index (χ4n) is 1.95. The molecule has 0 spiro atoms. The van der Waals surface area contributed by atoms with Gasteiger partial charge in [-0.25, -0.2) is 9.59 Å². The Morgan fingerprint density at radius 1 is 1.07 bits per heavy atom. The Balaban J connectivity index is 0.000000387. The third-order valence-electron chi connectivity index (χ3n) is 3.04. The highest BCUT2D eigenvalue weighted by molar-refractivity contribution is 5.72. The normalized spacial score (nSPS) is 10.2. The zero-order chi connectivity index (χ0) is 20.4. The first-order chi connectivity index (χ1) is 12.6. The van der Waals surface area contributed by atoms with Crippen molar-refractivity contribution >= 4 is 29.2 Å². The SMILES string of the molecule is CC(C)(C)OC(N)=O.Nc1ccccc1Nc1ccc(CNC(=O)O)cc1. The molecule has 2 aromatic rings. The van der Waals surface area contributed by atoms with Gasteiger partial charge in [0.15, 0.2) is 0 Å². The van der Waals surface area contributed by atoms with E-state index in [1.807, 2.05) is 48.5 Å². The molecule has 8 heteroatoms. The zero-order valence-electron chi connectivity index (χ0n) is 15.7. The first-order valence-corrected chi connectivity index (χ1v) is 8.22. The largest absolute Gasteiger partial charge is 0.465 e. The van der Waals surface area contributed by atoms with Crippen molar-refractivity contribution in [2.75, 3.05) is 11.1 Å². The van der Waals surface area contributed by atoms with Gasteiger partial charge in [0.25, 0.3) is 0 Å². The van der Waals surface area contributed by atoms with Crippen molar-refractivity contribution < 1.29 is 19.4 Å². The number of nitrogens with one attached hydrogen (secondary N) is 2. The number of carboxylic acid groups (broad SMARTS) is 1. The molecule has 0 atom stereocenters. The van der Waals surface area contributed by atoms with Crippen molar-refractivity contribution in [3.05, 3.63) is 54.1 Å². The molecule has 0 heterocycles. The van der Waals surface area contributed by atoms with E-state index in [1.54, 1.807) is 20.8 Å². The molecule has 0 aliphatic carbocycles. The Morgan fingerprint density at radius 2 is 1.67 bits per heavy atom. The number of carbonyl (C=O) groups excluding carboxylic acids is 1. The van der Waals surface area contributed by atoms with E-state index in [9.17, 15) is 9.59 Å². The summed E-state index contributed by atoms with van der Waals surface area (Å²) in [5.74, 6) is 0. The smallest absolute Gasteiger partial charge is 0.405 e. The van der Waals surface area contributed by atoms with Gasteiger partial charge in [-0.1, -0.05) is 24.3 Å². The van der Waals surface area contributed by atoms with Crippen molar-refractivity contribution in [2.45, 2.75) is 32.9 Å². The number of rotatable bonds is 4. The van der Waals surface area contributed by atoms with Crippen LogP contribution in [-0.2, 0) is 11.3 Å². The number of benzene rings is 2. The molecule has 0 bridgehead atoms. The van der Waals surface area contributed by atoms with Crippen LogP contribution in [0.4, 0.5) is 26.7 Å². The summed E-state index contributed by atoms with van der Waals surface area (Å²) in [5.41, 5.74) is 13.4. The van der Waals surface area contributed by atoms with Gasteiger partial charge in [-0.3, -0.25) is 0 Å². The highest BCUT2D eigenvalue weighted by Crippen LogP contribution is 2.22. The van der Waals surface area contributed by atoms with E-state index in [1.165, 1.54) is 0 Å². The van der Waals surface area contributed by atoms with Gasteiger partial charge in [0.2, 0.25) is 0 Å². The van der Waals surface area contributed by atoms with E-state index in [2.05, 4.69) is 15.4 Å². The summed E-state index contributed by atoms with van der Waals surface area (Å²) in [5, 5.41) is 14.0. The highest BCUT2D eigenvalue weighted by atomic mass is 16.6. The van der Waals surface area contributed by atoms with Gasteiger partial charge in [0, 0.05) is 12.2 Å². The molecule has 2 amide bonds. The molecule has 0 saturated carbocycles. The van der Waals surface area contributed by atoms with Crippen LogP contribution in [0.15, 0.2) is 48.5 Å². The molecule has 146 valence electrons. The molecular formula is C19H26N4O4. The molecule has 0 fully saturated rings. The minimum Gasteiger partial charge on any atom is -0.465 e. The van der Waals surface area contributed by atoms with Gasteiger partial charge in [-0.05, 0) is 50.6 Å². The second-order valence-corrected chi connectivity index (χ2v) is 6.60. The summed E-state index contributed by atoms with van der Waals surface area (Å²) in [4.78, 5) is 20.4. The first-order valence-electron chi connectivity index (χ1n) is 8.22. The summed E-state index contributed by atoms with van der Waals surface area (Å²) in [6.45, 7) is 5.58. The fraction of sp³-hybridized carbons (Fsp3) is 0.263. The summed E-state index contributed by atoms with van der Waals surface area (Å²) < 4.78 is 4.58. The predicted molar refractivity (Wildman–Crippen MR) is 106 cm³/mol. The number of amides is 2. The van der Waals surface area contributed by atoms with Gasteiger partial charge in [-0.15, -0.1) is 0 Å². The van der Waals surface area contributed by atoms with Crippen LogP contribution < -0.4 is 22.1 Å². The van der Waals surface area contributed by atoms with Crippen molar-refractivity contribution in [1.29, 1.82) is 0 Å². The van der Waals surface area contributed by atoms with Gasteiger partial charge in [-0.2, -0.15) is 0 Å². The average molecular weight is 374 g/mol. The Morgan fingerprint density at radius 3 is 2.11 bits per heavy atom. The maximum absolute atomic E-state index is 10.4. The summed E-state index contributed by atoms with van der Waals surface area (Å²) in [6.07, 6.45) is -1.75. The highest BCUT2D eigenvalue weighted by Gasteiger charge is 2.12. The van der Waals surface area contributed by atoms with Crippen LogP contribution in [0.25, 0.3) is 0 Å². The number of nitrogens with two attached hydrogens (primary N) is 2. The molecule has 0 aromatic heterocycles. The van der Waals surface area contributed by atoms with Crippen molar-refractivity contribution in [3.63, 3.8) is 0 Å². The monoisotopic (exact) mass is 374 g/mol. The minimum absolute atomic E-state index is 0.295. The predicted octanol–water partition coefficient (Wildman–Crippen LogP) is 3.66. The number of para-hydroxylation sites is 2. The third kappa shape index (κ3) is 9.59. The summed E-state index contributed by atoms with van der Waals surface area (Å²) in [7, 11) is 0. The second kappa shape index (κ2) is 9.91. The number of primary amides is 1. The fourth-order valence-corrected chi connectivity index (χ4v) is 1.95. The Bertz CT molecular complexity index is 755. The van der Waals surface area contributed by atoms with Gasteiger partial charge < -0.3 is 31.9 Å². The maximum Gasteiger partial charge on any atom is 0.405 e. The minimum atomic E-state index is -1.03. The van der Waals surface area contributed by atoms with Crippen molar-refractivity contribution in [3.8, 4) is 0 Å². The molecular weight excluding hydrogens is 348 g/mol. The Labute approximate surface area is 158 Å². The molecule has 0 unspecified atom stereocenters. The molecule has 0 aliphatic rings. The molecule has 8 nitrogen and oxygen atoms in total. The van der Waals surface area contributed by atoms with E-state index in [-0.39, 0.29) is 0 Å². The van der Waals surface area contributed by atoms with Crippen LogP contribution in [-0.4, -0.2) is 22.9 Å². The summed E-state index contributed by atoms with van der Waals surface area (Å²) in [6, 6.07) is 15.0. The maximum atomic E-state index is 10.4. The number of hydrogen-bond acceptors (Lipinski definition) is 5. The number of hydrogen-bond donors (Lipinski definition) is 5. The standard InChI is InChI=1S/C14H15N3O2.C5H11NO2/c15-12-3-1-2-4-13(12)17-11-7-5-10(6-8-11)9-16-14(18)19;1-5(2,3)8-4(6)7/h1-8,16-17H,9,15H2,(H,18,19);1-3H3,(H2,6,7). The molecule has 27 heavy (non-hydrogen) atoms. The van der Waals surface area contributed by atoms with Crippen molar-refractivity contribution in [2.24, 2.45) is 5.73 Å². The van der Waals surface area contributed by atoms with Crippen LogP contribution >= 0.6 is 0 Å². The van der Waals surface area contributed by atoms with E-state index in [0.717, 1.165) is 16.9 Å². The zero-order valence-corrected chi connectivity index (χ0v) is 15.7. The van der Waals surface area contributed by atoms with Crippen LogP contribution in [0, 0.1) is 0 Å². The summed E-state index contributed by atoms with van der Waals surface area (Å²) >= 11 is 0. The van der Waals surface area contributed by atoms with E-state index < -0.39 is 17.8 Å². The van der Waals surface area contributed by atoms with Crippen LogP contribution in [0.5, 0.6) is 0 Å². The number of anilines is 3. The first kappa shape index (κ1) is 21.6. The molecule has 0 aliphatic heterocycles. The van der Waals surface area contributed by atoms with E-state index in [4.69, 9.17) is 16.6 Å². The number of nitrogen functional groups attached to an aromatic ring is 1. The number of carbonyl (C=O) groups is 2. The van der Waals surface area contributed by atoms with Gasteiger partial charge in [0.05, 0.1) is 11.4 Å². The Kier molecular flexibility index (Phi) is 7.93. The Hall–Kier alpha value is -3.42. The van der Waals surface area contributed by atoms with E-state index >= 15 is 0 Å². The van der Waals surface area contributed by atoms with Gasteiger partial charge in [0.1, 0.15) is 5.60 Å². The lowest BCUT2D eigenvalue weighted by Crippen LogP contribution is -2.27. The van der Waals surface area contributed by atoms with Crippen molar-refractivity contribution in [1.82, 2.24) is 5.32 Å². The van der Waals surface area contributed by atoms with Crippen LogP contribution in [0.3, 0.4) is 0 Å². The lowest BCUT2D eigenvalue weighted by Gasteiger charge is -2.16. The van der Waals surface area contributed by atoms with Crippen LogP contribution in [0.1, 0.15) is 26.3 Å². The average Bonchev–Trinajstić information content (AvgIpc) is 2.54. The number of ether oxygens (including phenoxy) is 1. The lowest BCUT2D eigenvalue weighted by molar-refractivity contribution is 0.0600. The molecule has 0 radical (unpaired) electrons. The van der Waals surface area contributed by atoms with E-state index in [0.29, 0.717) is 12.2 Å². The quantitative estimate of drug-likeness (QED) is 0.517. The lowest BCUT2D eigenvalue weighted by atomic mass is 10.2. The molecule has 2 rings (SSSR count). The van der Waals surface area contributed by atoms with Crippen LogP contribution in [0.2, 0.25) is 0 Å². The molecule has 0 saturated heterocycles. The second-order valence-electron chi connectivity index (χ2n) is 6.60. The topological polar surface area (TPSA) is 140 Å². The molecule has 2 aromatic carbocycles. The molecule has 7 N–H and O–H groups in total. The van der Waals surface area contributed by atoms with Gasteiger partial charge >= 0.3 is 12.2 Å². The third-order valence-corrected chi connectivity index (χ3v) is 3.04.